The number of anilines is 2. The molecule has 0 bridgehead atoms. The van der Waals surface area contributed by atoms with E-state index < -0.39 is 5.91 Å². The van der Waals surface area contributed by atoms with Crippen molar-refractivity contribution in [3.05, 3.63) is 58.2 Å². The van der Waals surface area contributed by atoms with Gasteiger partial charge in [0.1, 0.15) is 23.1 Å². The van der Waals surface area contributed by atoms with Gasteiger partial charge >= 0.3 is 0 Å². The summed E-state index contributed by atoms with van der Waals surface area (Å²) < 4.78 is 10.3. The maximum atomic E-state index is 12.4. The highest BCUT2D eigenvalue weighted by Crippen LogP contribution is 2.29. The normalized spacial score (nSPS) is 10.7. The van der Waals surface area contributed by atoms with Gasteiger partial charge in [0, 0.05) is 18.0 Å². The summed E-state index contributed by atoms with van der Waals surface area (Å²) in [5.41, 5.74) is 0.826. The summed E-state index contributed by atoms with van der Waals surface area (Å²) in [5, 5.41) is 15.5. The van der Waals surface area contributed by atoms with E-state index in [1.807, 2.05) is 6.07 Å². The number of hydrogen-bond donors (Lipinski definition) is 2. The third-order valence-electron chi connectivity index (χ3n) is 3.32. The molecule has 2 aromatic carbocycles. The third-order valence-corrected chi connectivity index (χ3v) is 4.06. The quantitative estimate of drug-likeness (QED) is 0.560. The number of carbonyl (C=O) groups is 1. The number of carbonyl (C=O) groups excluding carboxylic acids is 1. The lowest BCUT2D eigenvalue weighted by atomic mass is 10.2. The van der Waals surface area contributed by atoms with Crippen LogP contribution in [0.25, 0.3) is 0 Å². The Bertz CT molecular complexity index is 892. The van der Waals surface area contributed by atoms with Crippen LogP contribution in [0.5, 0.6) is 11.5 Å². The van der Waals surface area contributed by atoms with E-state index in [0.717, 1.165) is 0 Å². The molecule has 0 fully saturated rings. The molecular weight excluding hydrogens is 377 g/mol. The molecular formula is C18H15Cl2N3O3. The van der Waals surface area contributed by atoms with E-state index in [0.29, 0.717) is 32.9 Å². The molecule has 0 spiro atoms. The average Bonchev–Trinajstić information content (AvgIpc) is 2.65. The molecule has 0 aliphatic rings. The fourth-order valence-corrected chi connectivity index (χ4v) is 2.29. The Labute approximate surface area is 160 Å². The summed E-state index contributed by atoms with van der Waals surface area (Å²) in [6, 6.07) is 11.6. The van der Waals surface area contributed by atoms with Gasteiger partial charge in [0.25, 0.3) is 5.91 Å². The van der Waals surface area contributed by atoms with Crippen molar-refractivity contribution in [1.29, 1.82) is 5.26 Å². The first-order valence-corrected chi connectivity index (χ1v) is 8.09. The molecule has 0 aliphatic heterocycles. The molecule has 8 heteroatoms. The zero-order valence-electron chi connectivity index (χ0n) is 14.0. The highest BCUT2D eigenvalue weighted by atomic mass is 35.5. The van der Waals surface area contributed by atoms with Gasteiger partial charge in [-0.15, -0.1) is 0 Å². The second-order valence-electron chi connectivity index (χ2n) is 4.96. The minimum absolute atomic E-state index is 0.138. The largest absolute Gasteiger partial charge is 0.497 e. The van der Waals surface area contributed by atoms with Gasteiger partial charge in [-0.1, -0.05) is 23.2 Å². The molecule has 0 atom stereocenters. The standard InChI is InChI=1S/C18H15Cl2N3O3/c1-25-13-4-6-17(26-2)16(8-13)23-18(24)11(9-21)10-22-12-3-5-14(19)15(20)7-12/h3-8,10,22H,1-2H3,(H,23,24)/b11-10-. The van der Waals surface area contributed by atoms with Gasteiger partial charge in [0.05, 0.1) is 30.0 Å². The van der Waals surface area contributed by atoms with Crippen LogP contribution in [0.1, 0.15) is 0 Å². The van der Waals surface area contributed by atoms with E-state index in [4.69, 9.17) is 32.7 Å². The van der Waals surface area contributed by atoms with Gasteiger partial charge in [0.2, 0.25) is 0 Å². The number of amides is 1. The van der Waals surface area contributed by atoms with Crippen molar-refractivity contribution in [2.45, 2.75) is 0 Å². The number of nitrogens with zero attached hydrogens (tertiary/aromatic N) is 1. The molecule has 26 heavy (non-hydrogen) atoms. The molecule has 2 rings (SSSR count). The van der Waals surface area contributed by atoms with Gasteiger partial charge in [-0.3, -0.25) is 4.79 Å². The van der Waals surface area contributed by atoms with Crippen molar-refractivity contribution in [1.82, 2.24) is 0 Å². The Balaban J connectivity index is 2.18. The topological polar surface area (TPSA) is 83.4 Å². The van der Waals surface area contributed by atoms with E-state index in [-0.39, 0.29) is 5.57 Å². The molecule has 1 amide bonds. The van der Waals surface area contributed by atoms with Gasteiger partial charge in [-0.2, -0.15) is 5.26 Å². The highest BCUT2D eigenvalue weighted by Gasteiger charge is 2.13. The number of rotatable bonds is 6. The summed E-state index contributed by atoms with van der Waals surface area (Å²) in [5.74, 6) is 0.373. The number of halogens is 2. The van der Waals surface area contributed by atoms with Crippen molar-refractivity contribution in [2.24, 2.45) is 0 Å². The Morgan fingerprint density at radius 2 is 1.88 bits per heavy atom. The van der Waals surface area contributed by atoms with E-state index in [2.05, 4.69) is 10.6 Å². The fourth-order valence-electron chi connectivity index (χ4n) is 1.99. The summed E-state index contributed by atoms with van der Waals surface area (Å²) in [6.45, 7) is 0. The lowest BCUT2D eigenvalue weighted by Crippen LogP contribution is -2.15. The minimum atomic E-state index is -0.605. The number of ether oxygens (including phenoxy) is 2. The molecule has 0 aromatic heterocycles. The van der Waals surface area contributed by atoms with Crippen LogP contribution in [0.3, 0.4) is 0 Å². The number of nitrogens with one attached hydrogen (secondary N) is 2. The first kappa shape index (κ1) is 19.4. The summed E-state index contributed by atoms with van der Waals surface area (Å²) in [6.07, 6.45) is 1.28. The number of benzene rings is 2. The fraction of sp³-hybridized carbons (Fsp3) is 0.111. The minimum Gasteiger partial charge on any atom is -0.497 e. The van der Waals surface area contributed by atoms with Crippen LogP contribution in [0.15, 0.2) is 48.2 Å². The van der Waals surface area contributed by atoms with Gasteiger partial charge in [-0.25, -0.2) is 0 Å². The molecule has 0 radical (unpaired) electrons. The van der Waals surface area contributed by atoms with E-state index >= 15 is 0 Å². The zero-order chi connectivity index (χ0) is 19.1. The lowest BCUT2D eigenvalue weighted by molar-refractivity contribution is -0.112. The van der Waals surface area contributed by atoms with E-state index in [1.54, 1.807) is 36.4 Å². The van der Waals surface area contributed by atoms with Crippen LogP contribution >= 0.6 is 23.2 Å². The second kappa shape index (κ2) is 8.99. The highest BCUT2D eigenvalue weighted by molar-refractivity contribution is 6.42. The number of nitriles is 1. The monoisotopic (exact) mass is 391 g/mol. The molecule has 2 N–H and O–H groups in total. The van der Waals surface area contributed by atoms with Crippen molar-refractivity contribution >= 4 is 40.5 Å². The van der Waals surface area contributed by atoms with Gasteiger partial charge in [-0.05, 0) is 30.3 Å². The molecule has 0 heterocycles. The predicted molar refractivity (Wildman–Crippen MR) is 102 cm³/mol. The second-order valence-corrected chi connectivity index (χ2v) is 5.78. The van der Waals surface area contributed by atoms with Gasteiger partial charge in [0.15, 0.2) is 0 Å². The first-order chi connectivity index (χ1) is 12.5. The Morgan fingerprint density at radius 3 is 2.50 bits per heavy atom. The van der Waals surface area contributed by atoms with E-state index in [9.17, 15) is 10.1 Å². The number of hydrogen-bond acceptors (Lipinski definition) is 5. The molecule has 6 nitrogen and oxygen atoms in total. The zero-order valence-corrected chi connectivity index (χ0v) is 15.5. The SMILES string of the molecule is COc1ccc(OC)c(NC(=O)/C(C#N)=C\Nc2ccc(Cl)c(Cl)c2)c1. The van der Waals surface area contributed by atoms with Crippen LogP contribution in [0.2, 0.25) is 10.0 Å². The summed E-state index contributed by atoms with van der Waals surface area (Å²) in [4.78, 5) is 12.4. The Hall–Kier alpha value is -2.88. The Morgan fingerprint density at radius 1 is 1.12 bits per heavy atom. The number of methoxy groups -OCH3 is 2. The summed E-state index contributed by atoms with van der Waals surface area (Å²) in [7, 11) is 2.99. The molecule has 0 unspecified atom stereocenters. The van der Waals surface area contributed by atoms with Crippen molar-refractivity contribution in [3.8, 4) is 17.6 Å². The Kier molecular flexibility index (Phi) is 6.73. The van der Waals surface area contributed by atoms with Crippen molar-refractivity contribution < 1.29 is 14.3 Å². The van der Waals surface area contributed by atoms with Crippen LogP contribution < -0.4 is 20.1 Å². The summed E-state index contributed by atoms with van der Waals surface area (Å²) >= 11 is 11.8. The predicted octanol–water partition coefficient (Wildman–Crippen LogP) is 4.47. The maximum Gasteiger partial charge on any atom is 0.267 e. The van der Waals surface area contributed by atoms with Crippen LogP contribution in [-0.2, 0) is 4.79 Å². The third kappa shape index (κ3) is 4.82. The van der Waals surface area contributed by atoms with Crippen molar-refractivity contribution in [3.63, 3.8) is 0 Å². The molecule has 0 saturated heterocycles. The first-order valence-electron chi connectivity index (χ1n) is 7.33. The average molecular weight is 392 g/mol. The van der Waals surface area contributed by atoms with Gasteiger partial charge < -0.3 is 20.1 Å². The van der Waals surface area contributed by atoms with Crippen LogP contribution in [0, 0.1) is 11.3 Å². The molecule has 0 saturated carbocycles. The van der Waals surface area contributed by atoms with Crippen molar-refractivity contribution in [2.75, 3.05) is 24.9 Å². The molecule has 134 valence electrons. The lowest BCUT2D eigenvalue weighted by Gasteiger charge is -2.11. The smallest absolute Gasteiger partial charge is 0.267 e. The maximum absolute atomic E-state index is 12.4. The van der Waals surface area contributed by atoms with Crippen LogP contribution in [0.4, 0.5) is 11.4 Å². The van der Waals surface area contributed by atoms with E-state index in [1.165, 1.54) is 20.4 Å². The molecule has 2 aromatic rings. The van der Waals surface area contributed by atoms with Crippen LogP contribution in [-0.4, -0.2) is 20.1 Å². The molecule has 0 aliphatic carbocycles.